The molecule has 0 saturated carbocycles. The number of rotatable bonds is 4. The molecule has 0 unspecified atom stereocenters. The van der Waals surface area contributed by atoms with Gasteiger partial charge in [-0.15, -0.1) is 0 Å². The van der Waals surface area contributed by atoms with Crippen LogP contribution in [0.3, 0.4) is 0 Å². The zero-order valence-electron chi connectivity index (χ0n) is 15.2. The van der Waals surface area contributed by atoms with Gasteiger partial charge in [0, 0.05) is 4.47 Å². The van der Waals surface area contributed by atoms with Crippen molar-refractivity contribution in [2.75, 3.05) is 7.11 Å². The van der Waals surface area contributed by atoms with E-state index in [1.165, 1.54) is 0 Å². The first-order valence-electron chi connectivity index (χ1n) is 8.76. The molecule has 28 heavy (non-hydrogen) atoms. The second kappa shape index (κ2) is 7.82. The number of hydrogen-bond acceptors (Lipinski definition) is 3. The van der Waals surface area contributed by atoms with Crippen LogP contribution in [0.1, 0.15) is 11.4 Å². The Morgan fingerprint density at radius 2 is 1.64 bits per heavy atom. The summed E-state index contributed by atoms with van der Waals surface area (Å²) in [5.74, 6) is 1.15. The van der Waals surface area contributed by atoms with Gasteiger partial charge in [0.05, 0.1) is 23.7 Å². The van der Waals surface area contributed by atoms with Crippen LogP contribution in [-0.2, 0) is 0 Å². The second-order valence-corrected chi connectivity index (χ2v) is 7.10. The molecular formula is C23H17BrN2O2. The van der Waals surface area contributed by atoms with E-state index in [4.69, 9.17) is 9.72 Å². The van der Waals surface area contributed by atoms with E-state index >= 15 is 0 Å². The quantitative estimate of drug-likeness (QED) is 0.437. The Bertz CT molecular complexity index is 1230. The fourth-order valence-corrected chi connectivity index (χ4v) is 3.32. The van der Waals surface area contributed by atoms with E-state index in [0.717, 1.165) is 10.0 Å². The Morgan fingerprint density at radius 1 is 0.929 bits per heavy atom. The maximum Gasteiger partial charge on any atom is 0.266 e. The fourth-order valence-electron chi connectivity index (χ4n) is 3.05. The highest BCUT2D eigenvalue weighted by atomic mass is 79.9. The van der Waals surface area contributed by atoms with Gasteiger partial charge in [-0.25, -0.2) is 4.98 Å². The number of hydrogen-bond donors (Lipinski definition) is 0. The molecule has 1 heterocycles. The van der Waals surface area contributed by atoms with Crippen LogP contribution in [0.5, 0.6) is 5.75 Å². The molecular weight excluding hydrogens is 416 g/mol. The van der Waals surface area contributed by atoms with Gasteiger partial charge in [0.2, 0.25) is 0 Å². The lowest BCUT2D eigenvalue weighted by molar-refractivity contribution is 0.412. The zero-order valence-corrected chi connectivity index (χ0v) is 16.8. The molecule has 0 N–H and O–H groups in total. The van der Waals surface area contributed by atoms with Gasteiger partial charge in [-0.1, -0.05) is 58.4 Å². The fraction of sp³-hybridized carbons (Fsp3) is 0.0435. The summed E-state index contributed by atoms with van der Waals surface area (Å²) in [6.45, 7) is 0. The van der Waals surface area contributed by atoms with Crippen molar-refractivity contribution in [3.8, 4) is 11.4 Å². The minimum Gasteiger partial charge on any atom is -0.495 e. The first kappa shape index (κ1) is 18.2. The molecule has 1 aromatic heterocycles. The molecule has 138 valence electrons. The smallest absolute Gasteiger partial charge is 0.266 e. The van der Waals surface area contributed by atoms with Crippen LogP contribution < -0.4 is 10.3 Å². The predicted molar refractivity (Wildman–Crippen MR) is 117 cm³/mol. The van der Waals surface area contributed by atoms with Crippen molar-refractivity contribution >= 4 is 39.0 Å². The van der Waals surface area contributed by atoms with Gasteiger partial charge in [0.25, 0.3) is 5.56 Å². The minimum absolute atomic E-state index is 0.134. The molecule has 0 saturated heterocycles. The average Bonchev–Trinajstić information content (AvgIpc) is 2.73. The molecule has 0 atom stereocenters. The molecule has 0 aliphatic rings. The molecule has 0 aliphatic heterocycles. The van der Waals surface area contributed by atoms with Gasteiger partial charge in [-0.3, -0.25) is 9.36 Å². The number of nitrogens with zero attached hydrogens (tertiary/aromatic N) is 2. The second-order valence-electron chi connectivity index (χ2n) is 6.18. The minimum atomic E-state index is -0.134. The lowest BCUT2D eigenvalue weighted by Crippen LogP contribution is -2.22. The Labute approximate surface area is 170 Å². The molecule has 4 rings (SSSR count). The SMILES string of the molecule is COc1ccccc1-n1c(/C=C\c2ccc(Br)cc2)nc2ccccc2c1=O. The van der Waals surface area contributed by atoms with Crippen LogP contribution in [0.15, 0.2) is 82.1 Å². The lowest BCUT2D eigenvalue weighted by Gasteiger charge is -2.14. The van der Waals surface area contributed by atoms with E-state index in [-0.39, 0.29) is 5.56 Å². The summed E-state index contributed by atoms with van der Waals surface area (Å²) in [5.41, 5.74) is 2.19. The maximum atomic E-state index is 13.3. The Morgan fingerprint density at radius 3 is 2.43 bits per heavy atom. The summed E-state index contributed by atoms with van der Waals surface area (Å²) in [6.07, 6.45) is 3.79. The van der Waals surface area contributed by atoms with Crippen molar-refractivity contribution in [1.82, 2.24) is 9.55 Å². The third-order valence-electron chi connectivity index (χ3n) is 4.42. The molecule has 0 amide bonds. The van der Waals surface area contributed by atoms with Crippen LogP contribution in [0, 0.1) is 0 Å². The molecule has 0 spiro atoms. The molecule has 3 aromatic carbocycles. The van der Waals surface area contributed by atoms with E-state index in [0.29, 0.717) is 28.2 Å². The third-order valence-corrected chi connectivity index (χ3v) is 4.95. The first-order valence-corrected chi connectivity index (χ1v) is 9.55. The van der Waals surface area contributed by atoms with Gasteiger partial charge < -0.3 is 4.74 Å². The van der Waals surface area contributed by atoms with E-state index < -0.39 is 0 Å². The largest absolute Gasteiger partial charge is 0.495 e. The Kier molecular flexibility index (Phi) is 5.08. The zero-order chi connectivity index (χ0) is 19.5. The van der Waals surface area contributed by atoms with E-state index in [2.05, 4.69) is 15.9 Å². The molecule has 4 aromatic rings. The van der Waals surface area contributed by atoms with Crippen molar-refractivity contribution < 1.29 is 4.74 Å². The van der Waals surface area contributed by atoms with E-state index in [1.807, 2.05) is 78.9 Å². The Hall–Kier alpha value is -3.18. The number of fused-ring (bicyclic) bond motifs is 1. The summed E-state index contributed by atoms with van der Waals surface area (Å²) in [6, 6.07) is 22.7. The molecule has 4 nitrogen and oxygen atoms in total. The highest BCUT2D eigenvalue weighted by molar-refractivity contribution is 9.10. The van der Waals surface area contributed by atoms with Crippen molar-refractivity contribution in [3.63, 3.8) is 0 Å². The van der Waals surface area contributed by atoms with Gasteiger partial charge in [0.15, 0.2) is 0 Å². The lowest BCUT2D eigenvalue weighted by atomic mass is 10.2. The van der Waals surface area contributed by atoms with Crippen LogP contribution in [0.4, 0.5) is 0 Å². The summed E-state index contributed by atoms with van der Waals surface area (Å²) >= 11 is 3.44. The predicted octanol–water partition coefficient (Wildman–Crippen LogP) is 5.33. The molecule has 0 fully saturated rings. The highest BCUT2D eigenvalue weighted by Gasteiger charge is 2.14. The summed E-state index contributed by atoms with van der Waals surface area (Å²) < 4.78 is 8.09. The number of benzene rings is 3. The van der Waals surface area contributed by atoms with Gasteiger partial charge in [0.1, 0.15) is 11.6 Å². The van der Waals surface area contributed by atoms with Gasteiger partial charge in [-0.2, -0.15) is 0 Å². The monoisotopic (exact) mass is 432 g/mol. The standard InChI is InChI=1S/C23H17BrN2O2/c1-28-21-9-5-4-8-20(21)26-22(15-12-16-10-13-17(24)14-11-16)25-19-7-3-2-6-18(19)23(26)27/h2-15H,1H3/b15-12-. The van der Waals surface area contributed by atoms with Crippen molar-refractivity contribution in [3.05, 3.63) is 99.0 Å². The van der Waals surface area contributed by atoms with E-state index in [9.17, 15) is 4.79 Å². The molecule has 0 aliphatic carbocycles. The van der Waals surface area contributed by atoms with Crippen molar-refractivity contribution in [1.29, 1.82) is 0 Å². The van der Waals surface area contributed by atoms with Crippen LogP contribution >= 0.6 is 15.9 Å². The molecule has 5 heteroatoms. The maximum absolute atomic E-state index is 13.3. The number of ether oxygens (including phenoxy) is 1. The molecule has 0 radical (unpaired) electrons. The van der Waals surface area contributed by atoms with Crippen molar-refractivity contribution in [2.24, 2.45) is 0 Å². The summed E-state index contributed by atoms with van der Waals surface area (Å²) in [5, 5.41) is 0.564. The number of aromatic nitrogens is 2. The van der Waals surface area contributed by atoms with E-state index in [1.54, 1.807) is 17.7 Å². The van der Waals surface area contributed by atoms with Crippen LogP contribution in [-0.4, -0.2) is 16.7 Å². The van der Waals surface area contributed by atoms with Crippen LogP contribution in [0.2, 0.25) is 0 Å². The number of para-hydroxylation sites is 3. The number of methoxy groups -OCH3 is 1. The van der Waals surface area contributed by atoms with Crippen molar-refractivity contribution in [2.45, 2.75) is 0 Å². The van der Waals surface area contributed by atoms with Crippen LogP contribution in [0.25, 0.3) is 28.7 Å². The topological polar surface area (TPSA) is 44.1 Å². The third kappa shape index (κ3) is 3.49. The normalized spacial score (nSPS) is 11.2. The van der Waals surface area contributed by atoms with Gasteiger partial charge in [-0.05, 0) is 48.0 Å². The average molecular weight is 433 g/mol. The summed E-state index contributed by atoms with van der Waals surface area (Å²) in [4.78, 5) is 18.0. The Balaban J connectivity index is 1.96. The number of halogens is 1. The van der Waals surface area contributed by atoms with Gasteiger partial charge >= 0.3 is 0 Å². The first-order chi connectivity index (χ1) is 13.7. The highest BCUT2D eigenvalue weighted by Crippen LogP contribution is 2.24. The molecule has 0 bridgehead atoms. The summed E-state index contributed by atoms with van der Waals surface area (Å²) in [7, 11) is 1.59.